The number of anilines is 1. The summed E-state index contributed by atoms with van der Waals surface area (Å²) in [6, 6.07) is 4.95. The topological polar surface area (TPSA) is 48.5 Å². The van der Waals surface area contributed by atoms with E-state index < -0.39 is 0 Å². The molecule has 2 aliphatic heterocycles. The van der Waals surface area contributed by atoms with Gasteiger partial charge in [-0.3, -0.25) is 0 Å². The van der Waals surface area contributed by atoms with Gasteiger partial charge in [0.25, 0.3) is 0 Å². The fraction of sp³-hybridized carbons (Fsp3) is 0.667. The van der Waals surface area contributed by atoms with Gasteiger partial charge in [0.1, 0.15) is 5.82 Å². The molecule has 3 heterocycles. The molecule has 1 aromatic heterocycles. The van der Waals surface area contributed by atoms with Gasteiger partial charge in [-0.1, -0.05) is 13.0 Å². The summed E-state index contributed by atoms with van der Waals surface area (Å²) < 4.78 is 0. The summed E-state index contributed by atoms with van der Waals surface area (Å²) in [4.78, 5) is 21.8. The molecule has 0 spiro atoms. The molecule has 23 heavy (non-hydrogen) atoms. The van der Waals surface area contributed by atoms with Crippen LogP contribution in [0.15, 0.2) is 18.3 Å². The second-order valence-electron chi connectivity index (χ2n) is 7.16. The standard InChI is InChI=1S/C18H26N4O/c1-2-16(13-7-8-13)20-18(23)21-11-14-5-3-9-19-17(14)22-10-4-6-15(22)12-21/h3,5,9,13,15-16H,2,4,6-8,10-12H2,1H3,(H,20,23)/t15-,16?/m1/s1. The molecule has 1 saturated carbocycles. The van der Waals surface area contributed by atoms with Gasteiger partial charge in [0.15, 0.2) is 0 Å². The number of nitrogens with one attached hydrogen (secondary N) is 1. The van der Waals surface area contributed by atoms with E-state index in [9.17, 15) is 4.79 Å². The molecule has 5 heteroatoms. The van der Waals surface area contributed by atoms with Crippen molar-refractivity contribution in [1.82, 2.24) is 15.2 Å². The normalized spacial score (nSPS) is 24.7. The highest BCUT2D eigenvalue weighted by molar-refractivity contribution is 5.75. The van der Waals surface area contributed by atoms with Crippen molar-refractivity contribution in [3.63, 3.8) is 0 Å². The van der Waals surface area contributed by atoms with E-state index in [-0.39, 0.29) is 6.03 Å². The highest BCUT2D eigenvalue weighted by Gasteiger charge is 2.36. The van der Waals surface area contributed by atoms with Crippen LogP contribution in [0.25, 0.3) is 0 Å². The molecule has 5 nitrogen and oxygen atoms in total. The first kappa shape index (κ1) is 14.8. The lowest BCUT2D eigenvalue weighted by Crippen LogP contribution is -2.48. The lowest BCUT2D eigenvalue weighted by Gasteiger charge is -2.28. The van der Waals surface area contributed by atoms with Gasteiger partial charge in [0, 0.05) is 36.9 Å². The minimum atomic E-state index is 0.104. The van der Waals surface area contributed by atoms with Crippen molar-refractivity contribution in [2.75, 3.05) is 18.0 Å². The van der Waals surface area contributed by atoms with Crippen LogP contribution in [0.1, 0.15) is 44.6 Å². The molecule has 2 fully saturated rings. The Morgan fingerprint density at radius 2 is 2.30 bits per heavy atom. The second-order valence-corrected chi connectivity index (χ2v) is 7.16. The maximum absolute atomic E-state index is 12.8. The highest BCUT2D eigenvalue weighted by Crippen LogP contribution is 2.34. The number of carbonyl (C=O) groups excluding carboxylic acids is 1. The minimum absolute atomic E-state index is 0.104. The maximum Gasteiger partial charge on any atom is 0.317 e. The van der Waals surface area contributed by atoms with Gasteiger partial charge in [-0.15, -0.1) is 0 Å². The number of fused-ring (bicyclic) bond motifs is 3. The Hall–Kier alpha value is -1.78. The third kappa shape index (κ3) is 2.89. The maximum atomic E-state index is 12.8. The summed E-state index contributed by atoms with van der Waals surface area (Å²) in [5, 5.41) is 3.28. The number of nitrogens with zero attached hydrogens (tertiary/aromatic N) is 3. The van der Waals surface area contributed by atoms with E-state index in [4.69, 9.17) is 0 Å². The molecule has 1 aliphatic carbocycles. The number of pyridine rings is 1. The van der Waals surface area contributed by atoms with Crippen LogP contribution >= 0.6 is 0 Å². The molecule has 1 unspecified atom stereocenters. The Balaban J connectivity index is 1.54. The second kappa shape index (κ2) is 6.02. The summed E-state index contributed by atoms with van der Waals surface area (Å²) in [6.45, 7) is 4.71. The number of carbonyl (C=O) groups is 1. The molecular weight excluding hydrogens is 288 g/mol. The number of hydrogen-bond acceptors (Lipinski definition) is 3. The van der Waals surface area contributed by atoms with E-state index in [1.54, 1.807) is 0 Å². The van der Waals surface area contributed by atoms with Crippen molar-refractivity contribution in [3.05, 3.63) is 23.9 Å². The van der Waals surface area contributed by atoms with Gasteiger partial charge in [-0.25, -0.2) is 9.78 Å². The Morgan fingerprint density at radius 3 is 3.09 bits per heavy atom. The van der Waals surface area contributed by atoms with Crippen LogP contribution in [-0.4, -0.2) is 41.1 Å². The third-order valence-corrected chi connectivity index (χ3v) is 5.54. The number of hydrogen-bond donors (Lipinski definition) is 1. The molecule has 0 bridgehead atoms. The number of urea groups is 1. The molecule has 1 saturated heterocycles. The molecule has 124 valence electrons. The van der Waals surface area contributed by atoms with E-state index >= 15 is 0 Å². The van der Waals surface area contributed by atoms with Crippen molar-refractivity contribution >= 4 is 11.8 Å². The van der Waals surface area contributed by atoms with Crippen molar-refractivity contribution in [2.45, 2.75) is 57.7 Å². The van der Waals surface area contributed by atoms with Gasteiger partial charge in [0.2, 0.25) is 0 Å². The molecule has 0 radical (unpaired) electrons. The first-order valence-electron chi connectivity index (χ1n) is 9.02. The minimum Gasteiger partial charge on any atom is -0.352 e. The number of amides is 2. The lowest BCUT2D eigenvalue weighted by molar-refractivity contribution is 0.187. The molecule has 2 amide bonds. The molecule has 0 aromatic carbocycles. The van der Waals surface area contributed by atoms with Crippen molar-refractivity contribution in [3.8, 4) is 0 Å². The number of aromatic nitrogens is 1. The molecule has 1 aromatic rings. The van der Waals surface area contributed by atoms with Crippen LogP contribution in [0.3, 0.4) is 0 Å². The number of rotatable bonds is 3. The largest absolute Gasteiger partial charge is 0.352 e. The Morgan fingerprint density at radius 1 is 1.43 bits per heavy atom. The molecule has 2 atom stereocenters. The SMILES string of the molecule is CCC(NC(=O)N1Cc2cccnc2N2CCC[C@@H]2C1)C1CC1. The van der Waals surface area contributed by atoms with Crippen LogP contribution in [-0.2, 0) is 6.54 Å². The van der Waals surface area contributed by atoms with Crippen molar-refractivity contribution in [1.29, 1.82) is 0 Å². The Bertz CT molecular complexity index is 586. The van der Waals surface area contributed by atoms with Crippen LogP contribution in [0.2, 0.25) is 0 Å². The van der Waals surface area contributed by atoms with Gasteiger partial charge in [-0.2, -0.15) is 0 Å². The third-order valence-electron chi connectivity index (χ3n) is 5.54. The van der Waals surface area contributed by atoms with Crippen LogP contribution < -0.4 is 10.2 Å². The van der Waals surface area contributed by atoms with Crippen LogP contribution in [0.4, 0.5) is 10.6 Å². The van der Waals surface area contributed by atoms with Crippen molar-refractivity contribution < 1.29 is 4.79 Å². The van der Waals surface area contributed by atoms with E-state index in [0.717, 1.165) is 31.7 Å². The molecule has 3 aliphatic rings. The van der Waals surface area contributed by atoms with E-state index in [1.807, 2.05) is 17.2 Å². The molecular formula is C18H26N4O. The first-order chi connectivity index (χ1) is 11.3. The predicted molar refractivity (Wildman–Crippen MR) is 90.3 cm³/mol. The summed E-state index contributed by atoms with van der Waals surface area (Å²) >= 11 is 0. The Kier molecular flexibility index (Phi) is 3.87. The van der Waals surface area contributed by atoms with Gasteiger partial charge in [-0.05, 0) is 44.1 Å². The first-order valence-corrected chi connectivity index (χ1v) is 9.02. The highest BCUT2D eigenvalue weighted by atomic mass is 16.2. The fourth-order valence-corrected chi connectivity index (χ4v) is 4.10. The Labute approximate surface area is 138 Å². The summed E-state index contributed by atoms with van der Waals surface area (Å²) in [6.07, 6.45) is 7.77. The van der Waals surface area contributed by atoms with E-state index in [1.165, 1.54) is 24.8 Å². The van der Waals surface area contributed by atoms with Crippen LogP contribution in [0, 0.1) is 5.92 Å². The smallest absolute Gasteiger partial charge is 0.317 e. The molecule has 4 rings (SSSR count). The summed E-state index contributed by atoms with van der Waals surface area (Å²) in [5.41, 5.74) is 1.17. The zero-order chi connectivity index (χ0) is 15.8. The average Bonchev–Trinajstić information content (AvgIpc) is 3.34. The van der Waals surface area contributed by atoms with E-state index in [0.29, 0.717) is 24.5 Å². The van der Waals surface area contributed by atoms with Gasteiger partial charge >= 0.3 is 6.03 Å². The fourth-order valence-electron chi connectivity index (χ4n) is 4.10. The zero-order valence-corrected chi connectivity index (χ0v) is 13.9. The zero-order valence-electron chi connectivity index (χ0n) is 13.9. The van der Waals surface area contributed by atoms with Crippen molar-refractivity contribution in [2.24, 2.45) is 5.92 Å². The van der Waals surface area contributed by atoms with E-state index in [2.05, 4.69) is 28.2 Å². The monoisotopic (exact) mass is 314 g/mol. The molecule has 1 N–H and O–H groups in total. The van der Waals surface area contributed by atoms with Gasteiger partial charge < -0.3 is 15.1 Å². The summed E-state index contributed by atoms with van der Waals surface area (Å²) in [5.74, 6) is 1.78. The lowest BCUT2D eigenvalue weighted by atomic mass is 10.1. The van der Waals surface area contributed by atoms with Gasteiger partial charge in [0.05, 0.1) is 6.54 Å². The predicted octanol–water partition coefficient (Wildman–Crippen LogP) is 2.76. The van der Waals surface area contributed by atoms with Crippen LogP contribution in [0.5, 0.6) is 0 Å². The average molecular weight is 314 g/mol. The summed E-state index contributed by atoms with van der Waals surface area (Å²) in [7, 11) is 0. The quantitative estimate of drug-likeness (QED) is 0.933.